The van der Waals surface area contributed by atoms with Crippen molar-refractivity contribution in [2.45, 2.75) is 12.6 Å². The number of fused-ring (bicyclic) bond motifs is 1. The number of halogens is 3. The van der Waals surface area contributed by atoms with E-state index in [9.17, 15) is 22.8 Å². The Bertz CT molecular complexity index is 557. The third kappa shape index (κ3) is 2.40. The van der Waals surface area contributed by atoms with Crippen molar-refractivity contribution >= 4 is 17.8 Å². The Balaban J connectivity index is 2.31. The average molecular weight is 273 g/mol. The summed E-state index contributed by atoms with van der Waals surface area (Å²) in [7, 11) is 1.06. The normalized spacial score (nSPS) is 18.0. The van der Waals surface area contributed by atoms with Crippen LogP contribution < -0.4 is 0 Å². The van der Waals surface area contributed by atoms with Crippen LogP contribution in [0, 0.1) is 5.92 Å². The minimum atomic E-state index is -4.33. The highest BCUT2D eigenvalue weighted by atomic mass is 19.4. The first-order valence-electron chi connectivity index (χ1n) is 5.42. The molecule has 0 bridgehead atoms. The molecule has 102 valence electrons. The van der Waals surface area contributed by atoms with Gasteiger partial charge in [-0.3, -0.25) is 4.79 Å². The fraction of sp³-hybridized carbons (Fsp3) is 0.333. The van der Waals surface area contributed by atoms with E-state index >= 15 is 0 Å². The molecular formula is C12H10F3NO3. The Morgan fingerprint density at radius 3 is 2.68 bits per heavy atom. The van der Waals surface area contributed by atoms with Gasteiger partial charge >= 0.3 is 12.1 Å². The molecule has 19 heavy (non-hydrogen) atoms. The summed E-state index contributed by atoms with van der Waals surface area (Å²) in [5.41, 5.74) is 0.631. The number of Topliss-reactive ketones (excluding diaryl/α,β-unsaturated/α-hetero) is 1. The summed E-state index contributed by atoms with van der Waals surface area (Å²) in [4.78, 5) is 25.4. The number of methoxy groups -OCH3 is 1. The minimum absolute atomic E-state index is 0.0266. The van der Waals surface area contributed by atoms with Crippen molar-refractivity contribution in [1.29, 1.82) is 0 Å². The van der Waals surface area contributed by atoms with E-state index in [1.54, 1.807) is 0 Å². The van der Waals surface area contributed by atoms with Crippen molar-refractivity contribution < 1.29 is 27.5 Å². The number of H-pyrrole nitrogens is 1. The van der Waals surface area contributed by atoms with E-state index in [1.165, 1.54) is 12.3 Å². The Labute approximate surface area is 106 Å². The molecule has 2 rings (SSSR count). The number of hydrogen-bond donors (Lipinski definition) is 1. The number of alkyl halides is 3. The van der Waals surface area contributed by atoms with E-state index in [-0.39, 0.29) is 17.7 Å². The van der Waals surface area contributed by atoms with E-state index in [0.717, 1.165) is 13.2 Å². The summed E-state index contributed by atoms with van der Waals surface area (Å²) < 4.78 is 42.0. The van der Waals surface area contributed by atoms with E-state index in [1.807, 2.05) is 0 Å². The summed E-state index contributed by atoms with van der Waals surface area (Å²) in [6.07, 6.45) is -1.17. The fourth-order valence-electron chi connectivity index (χ4n) is 1.95. The van der Waals surface area contributed by atoms with Gasteiger partial charge in [0.05, 0.1) is 18.6 Å². The number of aromatic amines is 1. The molecule has 7 heteroatoms. The second-order valence-electron chi connectivity index (χ2n) is 4.13. The van der Waals surface area contributed by atoms with Crippen molar-refractivity contribution in [3.05, 3.63) is 29.1 Å². The molecule has 1 N–H and O–H groups in total. The van der Waals surface area contributed by atoms with Gasteiger partial charge < -0.3 is 9.72 Å². The number of allylic oxidation sites excluding steroid dienone is 1. The zero-order chi connectivity index (χ0) is 14.2. The van der Waals surface area contributed by atoms with Crippen LogP contribution in [0.3, 0.4) is 0 Å². The topological polar surface area (TPSA) is 59.2 Å². The smallest absolute Gasteiger partial charge is 0.395 e. The van der Waals surface area contributed by atoms with Crippen molar-refractivity contribution in [3.8, 4) is 0 Å². The molecule has 4 nitrogen and oxygen atoms in total. The highest BCUT2D eigenvalue weighted by molar-refractivity contribution is 6.41. The molecule has 0 radical (unpaired) electrons. The lowest BCUT2D eigenvalue weighted by Crippen LogP contribution is -2.25. The maximum atomic E-state index is 12.6. The molecule has 1 aliphatic rings. The van der Waals surface area contributed by atoms with Gasteiger partial charge in [0.25, 0.3) is 5.78 Å². The summed E-state index contributed by atoms with van der Waals surface area (Å²) in [5.74, 6) is -3.51. The molecule has 0 saturated carbocycles. The highest BCUT2D eigenvalue weighted by Gasteiger charge is 2.40. The van der Waals surface area contributed by atoms with Crippen molar-refractivity contribution in [3.63, 3.8) is 0 Å². The third-order valence-electron chi connectivity index (χ3n) is 2.96. The third-order valence-corrected chi connectivity index (χ3v) is 2.96. The second kappa shape index (κ2) is 4.56. The van der Waals surface area contributed by atoms with Crippen LogP contribution in [0.5, 0.6) is 0 Å². The molecule has 0 saturated heterocycles. The largest absolute Gasteiger partial charge is 0.463 e. The van der Waals surface area contributed by atoms with Gasteiger partial charge in [0.1, 0.15) is 0 Å². The molecule has 1 aromatic rings. The number of aromatic nitrogens is 1. The monoisotopic (exact) mass is 273 g/mol. The molecule has 0 aliphatic heterocycles. The first-order valence-corrected chi connectivity index (χ1v) is 5.42. The number of ketones is 1. The molecule has 1 atom stereocenters. The van der Waals surface area contributed by atoms with Gasteiger partial charge in [-0.1, -0.05) is 12.2 Å². The van der Waals surface area contributed by atoms with Gasteiger partial charge in [-0.15, -0.1) is 0 Å². The maximum Gasteiger partial charge on any atom is 0.395 e. The molecule has 1 aromatic heterocycles. The zero-order valence-electron chi connectivity index (χ0n) is 9.88. The highest BCUT2D eigenvalue weighted by Crippen LogP contribution is 2.35. The van der Waals surface area contributed by atoms with Crippen LogP contribution in [0.1, 0.15) is 21.6 Å². The quantitative estimate of drug-likeness (QED) is 0.510. The van der Waals surface area contributed by atoms with Crippen LogP contribution in [0.15, 0.2) is 12.3 Å². The Morgan fingerprint density at radius 2 is 2.11 bits per heavy atom. The van der Waals surface area contributed by atoms with Gasteiger partial charge in [0.15, 0.2) is 0 Å². The number of esters is 1. The lowest BCUT2D eigenvalue weighted by atomic mass is 9.92. The van der Waals surface area contributed by atoms with Crippen LogP contribution >= 0.6 is 0 Å². The van der Waals surface area contributed by atoms with Crippen LogP contribution in [0.4, 0.5) is 13.2 Å². The number of ether oxygens (including phenoxy) is 1. The van der Waals surface area contributed by atoms with E-state index < -0.39 is 23.8 Å². The zero-order valence-corrected chi connectivity index (χ0v) is 9.88. The van der Waals surface area contributed by atoms with Gasteiger partial charge in [-0.2, -0.15) is 13.2 Å². The van der Waals surface area contributed by atoms with Crippen molar-refractivity contribution in [1.82, 2.24) is 4.98 Å². The molecule has 0 aromatic carbocycles. The Kier molecular flexibility index (Phi) is 3.21. The SMILES string of the molecule is COC(=O)C(=O)c1c[nH]c2c1C=CC(C(F)(F)F)C2. The summed E-state index contributed by atoms with van der Waals surface area (Å²) in [6, 6.07) is 0. The average Bonchev–Trinajstić information content (AvgIpc) is 2.78. The molecule has 1 unspecified atom stereocenters. The lowest BCUT2D eigenvalue weighted by molar-refractivity contribution is -0.160. The van der Waals surface area contributed by atoms with E-state index in [4.69, 9.17) is 0 Å². The van der Waals surface area contributed by atoms with Gasteiger partial charge in [0.2, 0.25) is 0 Å². The molecule has 1 heterocycles. The first kappa shape index (κ1) is 13.4. The van der Waals surface area contributed by atoms with Gasteiger partial charge in [0, 0.05) is 23.9 Å². The number of nitrogens with one attached hydrogen (secondary N) is 1. The van der Waals surface area contributed by atoms with Crippen LogP contribution in [-0.4, -0.2) is 30.0 Å². The summed E-state index contributed by atoms with van der Waals surface area (Å²) >= 11 is 0. The lowest BCUT2D eigenvalue weighted by Gasteiger charge is -2.20. The Hall–Kier alpha value is -2.05. The van der Waals surface area contributed by atoms with E-state index in [0.29, 0.717) is 5.56 Å². The van der Waals surface area contributed by atoms with Crippen molar-refractivity contribution in [2.75, 3.05) is 7.11 Å². The standard InChI is InChI=1S/C12H10F3NO3/c1-19-11(18)10(17)8-5-16-9-4-6(12(13,14)15)2-3-7(8)9/h2-3,5-6,16H,4H2,1H3. The molecule has 0 spiro atoms. The second-order valence-corrected chi connectivity index (χ2v) is 4.13. The van der Waals surface area contributed by atoms with Crippen LogP contribution in [-0.2, 0) is 16.0 Å². The predicted molar refractivity (Wildman–Crippen MR) is 59.4 cm³/mol. The number of carbonyl (C=O) groups is 2. The molecule has 1 aliphatic carbocycles. The first-order chi connectivity index (χ1) is 8.84. The number of carbonyl (C=O) groups excluding carboxylic acids is 2. The van der Waals surface area contributed by atoms with Gasteiger partial charge in [-0.05, 0) is 0 Å². The van der Waals surface area contributed by atoms with E-state index in [2.05, 4.69) is 9.72 Å². The molecular weight excluding hydrogens is 263 g/mol. The Morgan fingerprint density at radius 1 is 1.42 bits per heavy atom. The van der Waals surface area contributed by atoms with Gasteiger partial charge in [-0.25, -0.2) is 4.79 Å². The minimum Gasteiger partial charge on any atom is -0.463 e. The van der Waals surface area contributed by atoms with Crippen LogP contribution in [0.25, 0.3) is 6.08 Å². The molecule has 0 fully saturated rings. The predicted octanol–water partition coefficient (Wildman–Crippen LogP) is 2.12. The number of hydrogen-bond acceptors (Lipinski definition) is 3. The summed E-state index contributed by atoms with van der Waals surface area (Å²) in [6.45, 7) is 0. The van der Waals surface area contributed by atoms with Crippen LogP contribution in [0.2, 0.25) is 0 Å². The van der Waals surface area contributed by atoms with Crippen molar-refractivity contribution in [2.24, 2.45) is 5.92 Å². The molecule has 0 amide bonds. The fourth-order valence-corrected chi connectivity index (χ4v) is 1.95. The number of rotatable bonds is 2. The maximum absolute atomic E-state index is 12.6. The summed E-state index contributed by atoms with van der Waals surface area (Å²) in [5, 5.41) is 0.